The van der Waals surface area contributed by atoms with E-state index in [1.165, 1.54) is 47.2 Å². The van der Waals surface area contributed by atoms with E-state index >= 15 is 0 Å². The van der Waals surface area contributed by atoms with E-state index in [-0.39, 0.29) is 6.99 Å². The van der Waals surface area contributed by atoms with Crippen molar-refractivity contribution in [1.29, 1.82) is 0 Å². The number of hydrogen-bond donors (Lipinski definition) is 1. The maximum Gasteiger partial charge on any atom is 0.267 e. The van der Waals surface area contributed by atoms with E-state index < -0.39 is 17.3 Å². The lowest BCUT2D eigenvalue weighted by molar-refractivity contribution is 0.0998. The van der Waals surface area contributed by atoms with E-state index in [0.717, 1.165) is 0 Å². The first kappa shape index (κ1) is 11.1. The SMILES string of the molecule is NC(=O)c1cccn(-c2ccc(F)cc2)c1=O.[HH]. The first-order valence-corrected chi connectivity index (χ1v) is 4.87. The van der Waals surface area contributed by atoms with Crippen molar-refractivity contribution in [3.05, 3.63) is 64.3 Å². The number of rotatable bonds is 2. The number of nitrogens with two attached hydrogens (primary N) is 1. The van der Waals surface area contributed by atoms with E-state index in [1.807, 2.05) is 0 Å². The number of amides is 1. The molecule has 0 unspecified atom stereocenters. The Hall–Kier alpha value is -2.43. The van der Waals surface area contributed by atoms with Gasteiger partial charge in [-0.25, -0.2) is 4.39 Å². The molecule has 88 valence electrons. The van der Waals surface area contributed by atoms with Gasteiger partial charge in [-0.15, -0.1) is 0 Å². The molecule has 5 heteroatoms. The molecular weight excluding hydrogens is 223 g/mol. The minimum Gasteiger partial charge on any atom is -0.365 e. The van der Waals surface area contributed by atoms with Crippen molar-refractivity contribution in [2.24, 2.45) is 5.73 Å². The van der Waals surface area contributed by atoms with Crippen LogP contribution in [0.1, 0.15) is 11.8 Å². The lowest BCUT2D eigenvalue weighted by atomic mass is 10.2. The second-order valence-electron chi connectivity index (χ2n) is 3.44. The van der Waals surface area contributed by atoms with Crippen molar-refractivity contribution in [3.63, 3.8) is 0 Å². The highest BCUT2D eigenvalue weighted by molar-refractivity contribution is 5.92. The zero-order valence-electron chi connectivity index (χ0n) is 8.76. The summed E-state index contributed by atoms with van der Waals surface area (Å²) < 4.78 is 14.0. The Morgan fingerprint density at radius 2 is 1.88 bits per heavy atom. The molecule has 1 heterocycles. The van der Waals surface area contributed by atoms with E-state index in [9.17, 15) is 14.0 Å². The number of carbonyl (C=O) groups excluding carboxylic acids is 1. The number of benzene rings is 1. The number of hydrogen-bond acceptors (Lipinski definition) is 2. The Balaban J connectivity index is 0.00000162. The Bertz CT molecular complexity index is 623. The van der Waals surface area contributed by atoms with Crippen molar-refractivity contribution in [2.45, 2.75) is 0 Å². The fourth-order valence-corrected chi connectivity index (χ4v) is 1.49. The van der Waals surface area contributed by atoms with Gasteiger partial charge >= 0.3 is 0 Å². The maximum absolute atomic E-state index is 12.7. The quantitative estimate of drug-likeness (QED) is 0.851. The van der Waals surface area contributed by atoms with Gasteiger partial charge in [0.15, 0.2) is 0 Å². The molecule has 0 saturated carbocycles. The van der Waals surface area contributed by atoms with Crippen molar-refractivity contribution in [2.75, 3.05) is 0 Å². The molecule has 0 fully saturated rings. The predicted octanol–water partition coefficient (Wildman–Crippen LogP) is 1.32. The monoisotopic (exact) mass is 234 g/mol. The van der Waals surface area contributed by atoms with E-state index in [1.54, 1.807) is 0 Å². The first-order chi connectivity index (χ1) is 8.09. The minimum absolute atomic E-state index is 0. The summed E-state index contributed by atoms with van der Waals surface area (Å²) >= 11 is 0. The van der Waals surface area contributed by atoms with Crippen molar-refractivity contribution >= 4 is 5.91 Å². The van der Waals surface area contributed by atoms with Gasteiger partial charge in [-0.1, -0.05) is 0 Å². The zero-order valence-corrected chi connectivity index (χ0v) is 8.76. The highest BCUT2D eigenvalue weighted by Crippen LogP contribution is 2.06. The molecule has 2 aromatic rings. The summed E-state index contributed by atoms with van der Waals surface area (Å²) in [5.41, 5.74) is 4.92. The summed E-state index contributed by atoms with van der Waals surface area (Å²) in [5.74, 6) is -1.18. The van der Waals surface area contributed by atoms with Crippen LogP contribution in [0.5, 0.6) is 0 Å². The number of aromatic nitrogens is 1. The van der Waals surface area contributed by atoms with Crippen molar-refractivity contribution < 1.29 is 10.6 Å². The van der Waals surface area contributed by atoms with Gasteiger partial charge in [0, 0.05) is 13.3 Å². The predicted molar refractivity (Wildman–Crippen MR) is 62.6 cm³/mol. The molecule has 0 aliphatic heterocycles. The molecule has 2 rings (SSSR count). The largest absolute Gasteiger partial charge is 0.365 e. The summed E-state index contributed by atoms with van der Waals surface area (Å²) in [4.78, 5) is 22.9. The molecule has 0 atom stereocenters. The molecule has 2 N–H and O–H groups in total. The van der Waals surface area contributed by atoms with Gasteiger partial charge in [0.25, 0.3) is 11.5 Å². The molecule has 0 aliphatic carbocycles. The fourth-order valence-electron chi connectivity index (χ4n) is 1.49. The third kappa shape index (κ3) is 2.08. The molecule has 17 heavy (non-hydrogen) atoms. The average Bonchev–Trinajstić information content (AvgIpc) is 2.30. The van der Waals surface area contributed by atoms with Gasteiger partial charge in [0.05, 0.1) is 0 Å². The molecule has 0 spiro atoms. The molecule has 4 nitrogen and oxygen atoms in total. The maximum atomic E-state index is 12.7. The lowest BCUT2D eigenvalue weighted by Gasteiger charge is -2.06. The summed E-state index contributed by atoms with van der Waals surface area (Å²) in [5, 5.41) is 0. The molecule has 1 aromatic heterocycles. The van der Waals surface area contributed by atoms with Gasteiger partial charge in [-0.2, -0.15) is 0 Å². The topological polar surface area (TPSA) is 65.1 Å². The van der Waals surface area contributed by atoms with Gasteiger partial charge in [0.2, 0.25) is 0 Å². The summed E-state index contributed by atoms with van der Waals surface area (Å²) in [6, 6.07) is 8.25. The third-order valence-corrected chi connectivity index (χ3v) is 2.32. The Kier molecular flexibility index (Phi) is 2.74. The third-order valence-electron chi connectivity index (χ3n) is 2.32. The number of primary amides is 1. The van der Waals surface area contributed by atoms with Crippen LogP contribution in [-0.2, 0) is 0 Å². The molecule has 0 saturated heterocycles. The number of pyridine rings is 1. The minimum atomic E-state index is -0.786. The van der Waals surface area contributed by atoms with Crippen LogP contribution in [0.15, 0.2) is 47.4 Å². The normalized spacial score (nSPS) is 10.2. The average molecular weight is 234 g/mol. The number of halogens is 1. The fraction of sp³-hybridized carbons (Fsp3) is 0. The number of nitrogens with zero attached hydrogens (tertiary/aromatic N) is 1. The molecular formula is C12H11FN2O2. The van der Waals surface area contributed by atoms with Crippen LogP contribution >= 0.6 is 0 Å². The van der Waals surface area contributed by atoms with Crippen LogP contribution in [0.3, 0.4) is 0 Å². The standard InChI is InChI=1S/C12H9FN2O2.H2/c13-8-3-5-9(6-4-8)15-7-1-2-10(11(14)16)12(15)17;/h1-7H,(H2,14,16);1H. The second kappa shape index (κ2) is 4.21. The zero-order chi connectivity index (χ0) is 12.4. The van der Waals surface area contributed by atoms with Gasteiger partial charge in [-0.05, 0) is 36.4 Å². The summed E-state index contributed by atoms with van der Waals surface area (Å²) in [6.07, 6.45) is 1.49. The smallest absolute Gasteiger partial charge is 0.267 e. The Morgan fingerprint density at radius 3 is 2.47 bits per heavy atom. The Labute approximate surface area is 97.6 Å². The van der Waals surface area contributed by atoms with Crippen LogP contribution in [-0.4, -0.2) is 10.5 Å². The van der Waals surface area contributed by atoms with Crippen LogP contribution in [0, 0.1) is 5.82 Å². The first-order valence-electron chi connectivity index (χ1n) is 4.87. The molecule has 0 radical (unpaired) electrons. The molecule has 0 aliphatic rings. The van der Waals surface area contributed by atoms with Crippen LogP contribution in [0.2, 0.25) is 0 Å². The number of carbonyl (C=O) groups is 1. The summed E-state index contributed by atoms with van der Waals surface area (Å²) in [6.45, 7) is 0. The summed E-state index contributed by atoms with van der Waals surface area (Å²) in [7, 11) is 0. The van der Waals surface area contributed by atoms with Crippen LogP contribution in [0.25, 0.3) is 5.69 Å². The molecule has 0 bridgehead atoms. The molecule has 1 aromatic carbocycles. The van der Waals surface area contributed by atoms with Crippen molar-refractivity contribution in [1.82, 2.24) is 4.57 Å². The van der Waals surface area contributed by atoms with Crippen LogP contribution in [0.4, 0.5) is 4.39 Å². The van der Waals surface area contributed by atoms with E-state index in [0.29, 0.717) is 5.69 Å². The van der Waals surface area contributed by atoms with Gasteiger partial charge in [0.1, 0.15) is 11.4 Å². The Morgan fingerprint density at radius 1 is 1.24 bits per heavy atom. The second-order valence-corrected chi connectivity index (χ2v) is 3.44. The highest BCUT2D eigenvalue weighted by atomic mass is 19.1. The van der Waals surface area contributed by atoms with Crippen LogP contribution < -0.4 is 11.3 Å². The van der Waals surface area contributed by atoms with Crippen molar-refractivity contribution in [3.8, 4) is 5.69 Å². The van der Waals surface area contributed by atoms with E-state index in [4.69, 9.17) is 5.73 Å². The van der Waals surface area contributed by atoms with Gasteiger partial charge < -0.3 is 5.73 Å². The lowest BCUT2D eigenvalue weighted by Crippen LogP contribution is -2.28. The highest BCUT2D eigenvalue weighted by Gasteiger charge is 2.09. The van der Waals surface area contributed by atoms with Gasteiger partial charge in [-0.3, -0.25) is 14.2 Å². The molecule has 1 amide bonds. The van der Waals surface area contributed by atoms with E-state index in [2.05, 4.69) is 0 Å².